The molecular formula is C34H35Cl2F2N3O3. The van der Waals surface area contributed by atoms with Crippen molar-refractivity contribution in [2.75, 3.05) is 5.32 Å². The van der Waals surface area contributed by atoms with Gasteiger partial charge < -0.3 is 15.4 Å². The molecule has 1 saturated heterocycles. The van der Waals surface area contributed by atoms with Crippen molar-refractivity contribution < 1.29 is 23.1 Å². The number of carbonyl (C=O) groups excluding carboxylic acids is 2. The monoisotopic (exact) mass is 641 g/mol. The lowest BCUT2D eigenvalue weighted by atomic mass is 9.62. The SMILES string of the molecule is CC(C)(C)C[C@@H]1N[C@@H](C(=O)Nc2ccccc2C(=O)OC(C)(C)C)[C@H](c2cccc(Cl)c2F)[C@@]1(C#N)c1ccc(Cl)cc1F. The number of nitriles is 1. The van der Waals surface area contributed by atoms with Gasteiger partial charge in [-0.1, -0.05) is 74.3 Å². The van der Waals surface area contributed by atoms with Crippen molar-refractivity contribution in [3.8, 4) is 6.07 Å². The molecule has 0 radical (unpaired) electrons. The summed E-state index contributed by atoms with van der Waals surface area (Å²) < 4.78 is 37.2. The van der Waals surface area contributed by atoms with Gasteiger partial charge in [0.25, 0.3) is 0 Å². The van der Waals surface area contributed by atoms with Crippen LogP contribution in [0.3, 0.4) is 0 Å². The molecule has 6 nitrogen and oxygen atoms in total. The molecule has 0 aliphatic carbocycles. The highest BCUT2D eigenvalue weighted by Crippen LogP contribution is 2.53. The molecular weight excluding hydrogens is 607 g/mol. The molecule has 0 unspecified atom stereocenters. The quantitative estimate of drug-likeness (QED) is 0.265. The first kappa shape index (κ1) is 33.4. The van der Waals surface area contributed by atoms with E-state index in [4.69, 9.17) is 27.9 Å². The van der Waals surface area contributed by atoms with Crippen molar-refractivity contribution in [2.24, 2.45) is 5.41 Å². The first-order valence-electron chi connectivity index (χ1n) is 14.2. The number of nitrogens with one attached hydrogen (secondary N) is 2. The number of amides is 1. The molecule has 0 bridgehead atoms. The van der Waals surface area contributed by atoms with E-state index in [1.807, 2.05) is 20.8 Å². The highest BCUT2D eigenvalue weighted by Gasteiger charge is 2.61. The lowest BCUT2D eigenvalue weighted by Gasteiger charge is -2.37. The molecule has 1 fully saturated rings. The lowest BCUT2D eigenvalue weighted by Crippen LogP contribution is -2.45. The van der Waals surface area contributed by atoms with E-state index in [2.05, 4.69) is 16.7 Å². The first-order chi connectivity index (χ1) is 20.5. The van der Waals surface area contributed by atoms with Gasteiger partial charge in [-0.3, -0.25) is 4.79 Å². The summed E-state index contributed by atoms with van der Waals surface area (Å²) in [6.07, 6.45) is 0.319. The van der Waals surface area contributed by atoms with Crippen LogP contribution in [0.25, 0.3) is 0 Å². The number of carbonyl (C=O) groups is 2. The average molecular weight is 643 g/mol. The van der Waals surface area contributed by atoms with Crippen molar-refractivity contribution in [1.29, 1.82) is 5.26 Å². The Hall–Kier alpha value is -3.51. The Morgan fingerprint density at radius 1 is 1.02 bits per heavy atom. The van der Waals surface area contributed by atoms with Gasteiger partial charge in [0.05, 0.1) is 28.4 Å². The van der Waals surface area contributed by atoms with E-state index >= 15 is 8.78 Å². The van der Waals surface area contributed by atoms with Crippen LogP contribution in [0.4, 0.5) is 14.5 Å². The Kier molecular flexibility index (Phi) is 9.46. The van der Waals surface area contributed by atoms with E-state index in [-0.39, 0.29) is 32.4 Å². The molecule has 0 spiro atoms. The number of hydrogen-bond acceptors (Lipinski definition) is 5. The van der Waals surface area contributed by atoms with Gasteiger partial charge in [0.2, 0.25) is 5.91 Å². The molecule has 4 atom stereocenters. The van der Waals surface area contributed by atoms with Gasteiger partial charge in [0.1, 0.15) is 22.7 Å². The number of esters is 1. The molecule has 0 aromatic heterocycles. The molecule has 10 heteroatoms. The van der Waals surface area contributed by atoms with Crippen LogP contribution in [0.15, 0.2) is 60.7 Å². The van der Waals surface area contributed by atoms with Crippen LogP contribution in [0.5, 0.6) is 0 Å². The van der Waals surface area contributed by atoms with Crippen LogP contribution >= 0.6 is 23.2 Å². The number of nitrogens with zero attached hydrogens (tertiary/aromatic N) is 1. The Bertz CT molecular complexity index is 1630. The molecule has 4 rings (SSSR count). The van der Waals surface area contributed by atoms with Gasteiger partial charge in [0.15, 0.2) is 0 Å². The average Bonchev–Trinajstić information content (AvgIpc) is 3.22. The second kappa shape index (κ2) is 12.5. The maximum Gasteiger partial charge on any atom is 0.340 e. The maximum absolute atomic E-state index is 15.9. The second-order valence-electron chi connectivity index (χ2n) is 13.2. The molecule has 0 saturated carbocycles. The third-order valence-corrected chi connectivity index (χ3v) is 8.06. The lowest BCUT2D eigenvalue weighted by molar-refractivity contribution is -0.118. The molecule has 44 heavy (non-hydrogen) atoms. The van der Waals surface area contributed by atoms with Gasteiger partial charge in [0, 0.05) is 22.5 Å². The predicted octanol–water partition coefficient (Wildman–Crippen LogP) is 8.19. The summed E-state index contributed by atoms with van der Waals surface area (Å²) in [5.74, 6) is -4.13. The fraction of sp³-hybridized carbons (Fsp3) is 0.382. The number of anilines is 1. The summed E-state index contributed by atoms with van der Waals surface area (Å²) in [5, 5.41) is 17.0. The maximum atomic E-state index is 15.9. The fourth-order valence-electron chi connectivity index (χ4n) is 5.87. The Morgan fingerprint density at radius 2 is 1.70 bits per heavy atom. The van der Waals surface area contributed by atoms with Crippen molar-refractivity contribution in [3.63, 3.8) is 0 Å². The summed E-state index contributed by atoms with van der Waals surface area (Å²) in [6, 6.07) is 14.9. The summed E-state index contributed by atoms with van der Waals surface area (Å²) in [5.41, 5.74) is -2.74. The van der Waals surface area contributed by atoms with E-state index in [1.165, 1.54) is 36.4 Å². The topological polar surface area (TPSA) is 91.2 Å². The van der Waals surface area contributed by atoms with Crippen LogP contribution in [-0.2, 0) is 14.9 Å². The van der Waals surface area contributed by atoms with Gasteiger partial charge in [-0.05, 0) is 68.5 Å². The number of benzene rings is 3. The number of hydrogen-bond donors (Lipinski definition) is 2. The van der Waals surface area contributed by atoms with E-state index in [0.717, 1.165) is 6.07 Å². The van der Waals surface area contributed by atoms with Crippen LogP contribution in [0.1, 0.15) is 75.4 Å². The second-order valence-corrected chi connectivity index (χ2v) is 14.1. The van der Waals surface area contributed by atoms with E-state index in [9.17, 15) is 14.9 Å². The van der Waals surface area contributed by atoms with Crippen LogP contribution < -0.4 is 10.6 Å². The minimum atomic E-state index is -1.78. The van der Waals surface area contributed by atoms with Crippen LogP contribution in [0.2, 0.25) is 10.0 Å². The summed E-state index contributed by atoms with van der Waals surface area (Å²) in [7, 11) is 0. The van der Waals surface area contributed by atoms with Crippen LogP contribution in [-0.4, -0.2) is 29.6 Å². The normalized spacial score (nSPS) is 21.9. The van der Waals surface area contributed by atoms with Crippen LogP contribution in [0, 0.1) is 28.4 Å². The Labute approximate surface area is 266 Å². The zero-order valence-electron chi connectivity index (χ0n) is 25.4. The smallest absolute Gasteiger partial charge is 0.340 e. The zero-order valence-corrected chi connectivity index (χ0v) is 26.9. The molecule has 1 heterocycles. The predicted molar refractivity (Wildman–Crippen MR) is 168 cm³/mol. The highest BCUT2D eigenvalue weighted by molar-refractivity contribution is 6.31. The van der Waals surface area contributed by atoms with E-state index in [0.29, 0.717) is 6.42 Å². The fourth-order valence-corrected chi connectivity index (χ4v) is 6.21. The minimum Gasteiger partial charge on any atom is -0.456 e. The standard InChI is InChI=1S/C34H35Cl2F2N3O3/c1-32(2,3)17-26-34(18-39,22-15-14-19(35)16-24(22)37)27(21-11-9-12-23(36)28(21)38)29(41-26)30(42)40-25-13-8-7-10-20(25)31(43)44-33(4,5)6/h7-16,26-27,29,41H,17H2,1-6H3,(H,40,42)/t26-,27-,29+,34-/m0/s1. The molecule has 3 aromatic rings. The molecule has 1 amide bonds. The minimum absolute atomic E-state index is 0.0278. The number of rotatable bonds is 6. The van der Waals surface area contributed by atoms with E-state index in [1.54, 1.807) is 39.0 Å². The van der Waals surface area contributed by atoms with E-state index < -0.39 is 57.9 Å². The number of ether oxygens (including phenoxy) is 1. The van der Waals surface area contributed by atoms with Gasteiger partial charge in [-0.25, -0.2) is 13.6 Å². The summed E-state index contributed by atoms with van der Waals surface area (Å²) >= 11 is 12.3. The molecule has 232 valence electrons. The van der Waals surface area contributed by atoms with Crippen molar-refractivity contribution >= 4 is 40.8 Å². The van der Waals surface area contributed by atoms with Crippen molar-refractivity contribution in [2.45, 2.75) is 77.0 Å². The molecule has 1 aliphatic rings. The Morgan fingerprint density at radius 3 is 2.32 bits per heavy atom. The molecule has 2 N–H and O–H groups in total. The summed E-state index contributed by atoms with van der Waals surface area (Å²) in [6.45, 7) is 11.0. The third kappa shape index (κ3) is 6.76. The van der Waals surface area contributed by atoms with Gasteiger partial charge in [-0.2, -0.15) is 5.26 Å². The molecule has 3 aromatic carbocycles. The Balaban J connectivity index is 1.92. The zero-order chi connectivity index (χ0) is 32.6. The first-order valence-corrected chi connectivity index (χ1v) is 14.9. The third-order valence-electron chi connectivity index (χ3n) is 7.54. The summed E-state index contributed by atoms with van der Waals surface area (Å²) in [4.78, 5) is 27.2. The van der Waals surface area contributed by atoms with Crippen molar-refractivity contribution in [1.82, 2.24) is 5.32 Å². The molecule has 1 aliphatic heterocycles. The highest BCUT2D eigenvalue weighted by atomic mass is 35.5. The van der Waals surface area contributed by atoms with Gasteiger partial charge in [-0.15, -0.1) is 0 Å². The number of para-hydroxylation sites is 1. The van der Waals surface area contributed by atoms with Crippen molar-refractivity contribution in [3.05, 3.63) is 99.0 Å². The number of halogens is 4. The van der Waals surface area contributed by atoms with Gasteiger partial charge >= 0.3 is 5.97 Å². The largest absolute Gasteiger partial charge is 0.456 e.